The predicted octanol–water partition coefficient (Wildman–Crippen LogP) is 0.253. The van der Waals surface area contributed by atoms with Gasteiger partial charge in [0.1, 0.15) is 0 Å². The van der Waals surface area contributed by atoms with Crippen LogP contribution in [0.2, 0.25) is 0 Å². The summed E-state index contributed by atoms with van der Waals surface area (Å²) in [6.07, 6.45) is 9.11. The van der Waals surface area contributed by atoms with Crippen LogP contribution in [0.25, 0.3) is 0 Å². The first kappa shape index (κ1) is 10.1. The number of rotatable bonds is 4. The van der Waals surface area contributed by atoms with E-state index in [1.807, 2.05) is 0 Å². The number of hydrogen-bond donors (Lipinski definition) is 2. The van der Waals surface area contributed by atoms with E-state index in [9.17, 15) is 4.79 Å². The summed E-state index contributed by atoms with van der Waals surface area (Å²) < 4.78 is 0. The molecule has 0 aliphatic heterocycles. The maximum Gasteiger partial charge on any atom is 0.237 e. The number of carbonyl (C=O) groups excluding carboxylic acids is 1. The van der Waals surface area contributed by atoms with Crippen LogP contribution in [0.4, 0.5) is 0 Å². The van der Waals surface area contributed by atoms with E-state index < -0.39 is 6.04 Å². The Bertz CT molecular complexity index is 215. The van der Waals surface area contributed by atoms with Gasteiger partial charge in [0.25, 0.3) is 0 Å². The standard InChI is InChI=1S/C10H16N2O/c1-2-4-9(11)10(13)12-7-8-5-3-6-8/h1,8-9H,3-7,11H2,(H,12,13). The first-order chi connectivity index (χ1) is 6.24. The lowest BCUT2D eigenvalue weighted by atomic mass is 9.85. The van der Waals surface area contributed by atoms with Crippen molar-refractivity contribution in [1.82, 2.24) is 5.32 Å². The minimum Gasteiger partial charge on any atom is -0.354 e. The van der Waals surface area contributed by atoms with Crippen molar-refractivity contribution in [2.45, 2.75) is 31.7 Å². The van der Waals surface area contributed by atoms with Crippen LogP contribution in [-0.4, -0.2) is 18.5 Å². The fourth-order valence-corrected chi connectivity index (χ4v) is 1.29. The van der Waals surface area contributed by atoms with Gasteiger partial charge in [-0.05, 0) is 18.8 Å². The molecule has 3 heteroatoms. The molecule has 1 aliphatic carbocycles. The Labute approximate surface area is 79.1 Å². The summed E-state index contributed by atoms with van der Waals surface area (Å²) in [7, 11) is 0. The van der Waals surface area contributed by atoms with Crippen LogP contribution in [0.1, 0.15) is 25.7 Å². The van der Waals surface area contributed by atoms with Gasteiger partial charge in [-0.25, -0.2) is 0 Å². The van der Waals surface area contributed by atoms with E-state index in [0.29, 0.717) is 12.3 Å². The number of carbonyl (C=O) groups is 1. The zero-order chi connectivity index (χ0) is 9.68. The average molecular weight is 180 g/mol. The quantitative estimate of drug-likeness (QED) is 0.609. The predicted molar refractivity (Wildman–Crippen MR) is 51.8 cm³/mol. The van der Waals surface area contributed by atoms with Crippen LogP contribution in [0.15, 0.2) is 0 Å². The maximum absolute atomic E-state index is 11.2. The molecule has 1 saturated carbocycles. The van der Waals surface area contributed by atoms with E-state index in [1.54, 1.807) is 0 Å². The van der Waals surface area contributed by atoms with Crippen molar-refractivity contribution in [2.75, 3.05) is 6.54 Å². The molecule has 1 rings (SSSR count). The summed E-state index contributed by atoms with van der Waals surface area (Å²) in [4.78, 5) is 11.2. The molecule has 0 saturated heterocycles. The maximum atomic E-state index is 11.2. The first-order valence-corrected chi connectivity index (χ1v) is 4.70. The van der Waals surface area contributed by atoms with E-state index in [4.69, 9.17) is 12.2 Å². The Balaban J connectivity index is 2.12. The Kier molecular flexibility index (Phi) is 3.78. The van der Waals surface area contributed by atoms with E-state index in [1.165, 1.54) is 19.3 Å². The van der Waals surface area contributed by atoms with E-state index in [-0.39, 0.29) is 5.91 Å². The van der Waals surface area contributed by atoms with Crippen molar-refractivity contribution in [1.29, 1.82) is 0 Å². The SMILES string of the molecule is C#CCC(N)C(=O)NCC1CCC1. The molecule has 13 heavy (non-hydrogen) atoms. The number of terminal acetylenes is 1. The molecular weight excluding hydrogens is 164 g/mol. The molecule has 0 aromatic rings. The number of hydrogen-bond acceptors (Lipinski definition) is 2. The minimum absolute atomic E-state index is 0.121. The van der Waals surface area contributed by atoms with Gasteiger partial charge in [-0.3, -0.25) is 4.79 Å². The van der Waals surface area contributed by atoms with Crippen molar-refractivity contribution in [3.8, 4) is 12.3 Å². The monoisotopic (exact) mass is 180 g/mol. The van der Waals surface area contributed by atoms with Gasteiger partial charge in [0, 0.05) is 13.0 Å². The molecule has 3 N–H and O–H groups in total. The molecule has 3 nitrogen and oxygen atoms in total. The fourth-order valence-electron chi connectivity index (χ4n) is 1.29. The Morgan fingerprint density at radius 2 is 2.38 bits per heavy atom. The largest absolute Gasteiger partial charge is 0.354 e. The van der Waals surface area contributed by atoms with E-state index in [0.717, 1.165) is 6.54 Å². The molecule has 0 spiro atoms. The van der Waals surface area contributed by atoms with Crippen molar-refractivity contribution < 1.29 is 4.79 Å². The van der Waals surface area contributed by atoms with Gasteiger partial charge in [0.05, 0.1) is 6.04 Å². The van der Waals surface area contributed by atoms with Crippen LogP contribution in [-0.2, 0) is 4.79 Å². The highest BCUT2D eigenvalue weighted by atomic mass is 16.2. The second-order valence-electron chi connectivity index (χ2n) is 3.56. The third-order valence-electron chi connectivity index (χ3n) is 2.46. The zero-order valence-corrected chi connectivity index (χ0v) is 7.75. The fraction of sp³-hybridized carbons (Fsp3) is 0.700. The van der Waals surface area contributed by atoms with Crippen LogP contribution >= 0.6 is 0 Å². The van der Waals surface area contributed by atoms with Gasteiger partial charge >= 0.3 is 0 Å². The van der Waals surface area contributed by atoms with Crippen LogP contribution in [0.3, 0.4) is 0 Å². The van der Waals surface area contributed by atoms with Gasteiger partial charge in [-0.15, -0.1) is 12.3 Å². The number of nitrogens with two attached hydrogens (primary N) is 1. The van der Waals surface area contributed by atoms with Crippen molar-refractivity contribution in [2.24, 2.45) is 11.7 Å². The Morgan fingerprint density at radius 3 is 2.85 bits per heavy atom. The third kappa shape index (κ3) is 3.08. The molecule has 1 aliphatic rings. The summed E-state index contributed by atoms with van der Waals surface area (Å²) in [6, 6.07) is -0.537. The zero-order valence-electron chi connectivity index (χ0n) is 7.75. The van der Waals surface area contributed by atoms with E-state index >= 15 is 0 Å². The van der Waals surface area contributed by atoms with Crippen LogP contribution < -0.4 is 11.1 Å². The normalized spacial score (nSPS) is 18.5. The highest BCUT2D eigenvalue weighted by molar-refractivity contribution is 5.81. The molecule has 1 unspecified atom stereocenters. The molecule has 0 bridgehead atoms. The molecule has 1 fully saturated rings. The molecule has 0 aromatic heterocycles. The van der Waals surface area contributed by atoms with Crippen LogP contribution in [0, 0.1) is 18.3 Å². The summed E-state index contributed by atoms with van der Waals surface area (Å²) in [5, 5.41) is 2.81. The van der Waals surface area contributed by atoms with Gasteiger partial charge in [0.2, 0.25) is 5.91 Å². The average Bonchev–Trinajstić information content (AvgIpc) is 2.01. The lowest BCUT2D eigenvalue weighted by molar-refractivity contribution is -0.122. The second-order valence-corrected chi connectivity index (χ2v) is 3.56. The van der Waals surface area contributed by atoms with Gasteiger partial charge < -0.3 is 11.1 Å². The smallest absolute Gasteiger partial charge is 0.237 e. The lowest BCUT2D eigenvalue weighted by Gasteiger charge is -2.25. The second kappa shape index (κ2) is 4.88. The molecule has 1 amide bonds. The highest BCUT2D eigenvalue weighted by Gasteiger charge is 2.19. The van der Waals surface area contributed by atoms with Crippen molar-refractivity contribution in [3.63, 3.8) is 0 Å². The summed E-state index contributed by atoms with van der Waals surface area (Å²) >= 11 is 0. The van der Waals surface area contributed by atoms with Crippen molar-refractivity contribution >= 4 is 5.91 Å². The molecule has 0 heterocycles. The molecule has 72 valence electrons. The minimum atomic E-state index is -0.537. The molecular formula is C10H16N2O. The first-order valence-electron chi connectivity index (χ1n) is 4.70. The Hall–Kier alpha value is -1.01. The topological polar surface area (TPSA) is 55.1 Å². The molecule has 1 atom stereocenters. The van der Waals surface area contributed by atoms with Crippen molar-refractivity contribution in [3.05, 3.63) is 0 Å². The third-order valence-corrected chi connectivity index (χ3v) is 2.46. The molecule has 0 aromatic carbocycles. The Morgan fingerprint density at radius 1 is 1.69 bits per heavy atom. The van der Waals surface area contributed by atoms with Crippen LogP contribution in [0.5, 0.6) is 0 Å². The van der Waals surface area contributed by atoms with E-state index in [2.05, 4.69) is 11.2 Å². The van der Waals surface area contributed by atoms with Gasteiger partial charge in [0.15, 0.2) is 0 Å². The summed E-state index contributed by atoms with van der Waals surface area (Å²) in [6.45, 7) is 0.761. The van der Waals surface area contributed by atoms with Gasteiger partial charge in [-0.2, -0.15) is 0 Å². The summed E-state index contributed by atoms with van der Waals surface area (Å²) in [5.74, 6) is 2.93. The van der Waals surface area contributed by atoms with Gasteiger partial charge in [-0.1, -0.05) is 6.42 Å². The summed E-state index contributed by atoms with van der Waals surface area (Å²) in [5.41, 5.74) is 5.52. The molecule has 0 radical (unpaired) electrons. The highest BCUT2D eigenvalue weighted by Crippen LogP contribution is 2.25. The lowest BCUT2D eigenvalue weighted by Crippen LogP contribution is -2.43. The number of amides is 1. The number of nitrogens with one attached hydrogen (secondary N) is 1.